The molecule has 1 aromatic carbocycles. The van der Waals surface area contributed by atoms with E-state index in [0.29, 0.717) is 7.14 Å². The number of aliphatic hydroxyl groups excluding tert-OH is 5. The summed E-state index contributed by atoms with van der Waals surface area (Å²) in [4.78, 5) is 38.9. The van der Waals surface area contributed by atoms with Crippen molar-refractivity contribution in [3.05, 3.63) is 21.8 Å². The average Bonchev–Trinajstić information content (AvgIpc) is 2.74. The van der Waals surface area contributed by atoms with E-state index in [4.69, 9.17) is 10.2 Å². The number of halogens is 3. The van der Waals surface area contributed by atoms with Gasteiger partial charge in [0.1, 0.15) is 6.61 Å². The number of nitrogens with zero attached hydrogens (tertiary/aromatic N) is 1. The Morgan fingerprint density at radius 1 is 0.839 bits per heavy atom. The molecule has 0 fully saturated rings. The van der Waals surface area contributed by atoms with Gasteiger partial charge in [0, 0.05) is 23.7 Å². The predicted molar refractivity (Wildman–Crippen MR) is 136 cm³/mol. The number of likely N-dealkylation sites (N-methyl/N-ethyl adjacent to an activating group) is 1. The minimum absolute atomic E-state index is 0.0622. The molecule has 0 saturated heterocycles. The molecule has 0 radical (unpaired) electrons. The first-order chi connectivity index (χ1) is 14.5. The van der Waals surface area contributed by atoms with Crippen LogP contribution in [0.15, 0.2) is 0 Å². The molecule has 2 atom stereocenters. The number of hydrogen-bond acceptors (Lipinski definition) is 8. The van der Waals surface area contributed by atoms with Crippen molar-refractivity contribution in [2.75, 3.05) is 44.9 Å². The van der Waals surface area contributed by atoms with E-state index in [1.807, 2.05) is 67.8 Å². The van der Waals surface area contributed by atoms with Gasteiger partial charge >= 0.3 is 0 Å². The topological polar surface area (TPSA) is 180 Å². The lowest BCUT2D eigenvalue weighted by Crippen LogP contribution is -2.38. The zero-order chi connectivity index (χ0) is 23.9. The third kappa shape index (κ3) is 7.30. The molecule has 7 N–H and O–H groups in total. The molecule has 0 saturated carbocycles. The second kappa shape index (κ2) is 13.4. The summed E-state index contributed by atoms with van der Waals surface area (Å²) in [5.41, 5.74) is 0.348. The quantitative estimate of drug-likeness (QED) is 0.142. The van der Waals surface area contributed by atoms with Crippen molar-refractivity contribution in [3.8, 4) is 0 Å². The first-order valence-corrected chi connectivity index (χ1v) is 12.0. The van der Waals surface area contributed by atoms with Crippen LogP contribution >= 0.6 is 67.8 Å². The smallest absolute Gasteiger partial charge is 0.253 e. The van der Waals surface area contributed by atoms with Crippen LogP contribution < -0.4 is 15.5 Å². The summed E-state index contributed by atoms with van der Waals surface area (Å²) < 4.78 is 0.921. The highest BCUT2D eigenvalue weighted by atomic mass is 127. The molecule has 31 heavy (non-hydrogen) atoms. The molecule has 11 nitrogen and oxygen atoms in total. The van der Waals surface area contributed by atoms with Gasteiger partial charge in [-0.1, -0.05) is 0 Å². The maximum absolute atomic E-state index is 12.8. The first-order valence-electron chi connectivity index (χ1n) is 8.73. The normalized spacial score (nSPS) is 12.8. The van der Waals surface area contributed by atoms with Crippen molar-refractivity contribution in [2.24, 2.45) is 0 Å². The zero-order valence-electron chi connectivity index (χ0n) is 16.2. The Morgan fingerprint density at radius 2 is 1.23 bits per heavy atom. The van der Waals surface area contributed by atoms with Gasteiger partial charge in [-0.15, -0.1) is 0 Å². The van der Waals surface area contributed by atoms with Crippen LogP contribution in [0.5, 0.6) is 0 Å². The van der Waals surface area contributed by atoms with E-state index in [-0.39, 0.29) is 33.5 Å². The third-order valence-electron chi connectivity index (χ3n) is 4.01. The van der Waals surface area contributed by atoms with E-state index < -0.39 is 49.8 Å². The highest BCUT2D eigenvalue weighted by Gasteiger charge is 2.30. The fraction of sp³-hybridized carbons (Fsp3) is 0.471. The van der Waals surface area contributed by atoms with Gasteiger partial charge in [0.2, 0.25) is 0 Å². The van der Waals surface area contributed by atoms with Crippen molar-refractivity contribution < 1.29 is 39.9 Å². The summed E-state index contributed by atoms with van der Waals surface area (Å²) in [6.45, 7) is -2.37. The van der Waals surface area contributed by atoms with Crippen LogP contribution in [0.4, 0.5) is 5.69 Å². The third-order valence-corrected chi connectivity index (χ3v) is 7.19. The number of anilines is 1. The van der Waals surface area contributed by atoms with Crippen molar-refractivity contribution in [3.63, 3.8) is 0 Å². The van der Waals surface area contributed by atoms with Gasteiger partial charge < -0.3 is 41.1 Å². The number of carbonyl (C=O) groups excluding carboxylic acids is 3. The van der Waals surface area contributed by atoms with Crippen LogP contribution in [0.3, 0.4) is 0 Å². The molecular formula is C17H22I3N3O8. The summed E-state index contributed by atoms with van der Waals surface area (Å²) in [6, 6.07) is 0. The number of amides is 3. The lowest BCUT2D eigenvalue weighted by Gasteiger charge is -2.25. The average molecular weight is 777 g/mol. The highest BCUT2D eigenvalue weighted by molar-refractivity contribution is 14.1. The van der Waals surface area contributed by atoms with E-state index in [0.717, 1.165) is 4.90 Å². The molecule has 1 aromatic rings. The molecule has 0 unspecified atom stereocenters. The fourth-order valence-corrected chi connectivity index (χ4v) is 7.17. The second-order valence-corrected chi connectivity index (χ2v) is 9.48. The van der Waals surface area contributed by atoms with Crippen LogP contribution in [0.2, 0.25) is 0 Å². The monoisotopic (exact) mass is 777 g/mol. The van der Waals surface area contributed by atoms with Crippen LogP contribution in [-0.4, -0.2) is 95.4 Å². The van der Waals surface area contributed by atoms with Crippen LogP contribution in [0, 0.1) is 10.7 Å². The van der Waals surface area contributed by atoms with Crippen LogP contribution in [-0.2, 0) is 4.79 Å². The van der Waals surface area contributed by atoms with Gasteiger partial charge in [-0.2, -0.15) is 0 Å². The lowest BCUT2D eigenvalue weighted by molar-refractivity contribution is -0.121. The Hall–Kier alpha value is -0.380. The number of benzene rings is 1. The first kappa shape index (κ1) is 28.7. The number of carbonyl (C=O) groups is 3. The molecule has 3 amide bonds. The molecule has 0 spiro atoms. The molecular weight excluding hydrogens is 755 g/mol. The van der Waals surface area contributed by atoms with Crippen molar-refractivity contribution >= 4 is 91.2 Å². The summed E-state index contributed by atoms with van der Waals surface area (Å²) >= 11 is 5.52. The number of aliphatic hydroxyl groups is 5. The minimum atomic E-state index is -1.18. The van der Waals surface area contributed by atoms with Gasteiger partial charge in [0.25, 0.3) is 17.7 Å². The van der Waals surface area contributed by atoms with E-state index in [2.05, 4.69) is 10.6 Å². The van der Waals surface area contributed by atoms with Gasteiger partial charge in [0.15, 0.2) is 0 Å². The van der Waals surface area contributed by atoms with Gasteiger partial charge in [-0.05, 0) is 67.8 Å². The summed E-state index contributed by atoms with van der Waals surface area (Å²) in [7, 11) is 1.39. The molecule has 174 valence electrons. The molecule has 0 aliphatic carbocycles. The van der Waals surface area contributed by atoms with E-state index in [1.165, 1.54) is 7.05 Å². The Kier molecular flexibility index (Phi) is 12.3. The van der Waals surface area contributed by atoms with Gasteiger partial charge in [-0.3, -0.25) is 14.4 Å². The molecule has 0 bridgehead atoms. The predicted octanol–water partition coefficient (Wildman–Crippen LogP) is -1.38. The number of rotatable bonds is 10. The molecule has 14 heteroatoms. The largest absolute Gasteiger partial charge is 0.394 e. The maximum Gasteiger partial charge on any atom is 0.253 e. The lowest BCUT2D eigenvalue weighted by atomic mass is 10.1. The Labute approximate surface area is 219 Å². The van der Waals surface area contributed by atoms with E-state index >= 15 is 0 Å². The Bertz CT molecular complexity index is 786. The fourth-order valence-electron chi connectivity index (χ4n) is 2.30. The second-order valence-electron chi connectivity index (χ2n) is 6.24. The summed E-state index contributed by atoms with van der Waals surface area (Å²) in [5.74, 6) is -1.96. The van der Waals surface area contributed by atoms with Crippen molar-refractivity contribution in [1.29, 1.82) is 0 Å². The molecule has 0 aliphatic rings. The molecule has 0 heterocycles. The van der Waals surface area contributed by atoms with E-state index in [1.54, 1.807) is 0 Å². The SMILES string of the molecule is CN(C(=O)CO)c1c(I)c(C(=O)NC[C@H](O)CO)c(I)c(C(=O)NC[C@H](O)CO)c1I. The Morgan fingerprint density at radius 3 is 1.55 bits per heavy atom. The van der Waals surface area contributed by atoms with Gasteiger partial charge in [-0.25, -0.2) is 0 Å². The molecule has 0 aromatic heterocycles. The van der Waals surface area contributed by atoms with Gasteiger partial charge in [0.05, 0.1) is 49.4 Å². The number of nitrogens with one attached hydrogen (secondary N) is 2. The highest BCUT2D eigenvalue weighted by Crippen LogP contribution is 2.37. The standard InChI is InChI=1S/C17H22I3N3O8/c1-23(9(29)6-26)15-13(19)10(16(30)21-2-7(27)4-24)12(18)11(14(15)20)17(31)22-3-8(28)5-25/h7-8,24-28H,2-6H2,1H3,(H,21,30)(H,22,31)/t7-,8-/m0/s1. The van der Waals surface area contributed by atoms with Crippen molar-refractivity contribution in [1.82, 2.24) is 10.6 Å². The van der Waals surface area contributed by atoms with E-state index in [9.17, 15) is 29.7 Å². The number of hydrogen-bond donors (Lipinski definition) is 7. The zero-order valence-corrected chi connectivity index (χ0v) is 22.7. The maximum atomic E-state index is 12.8. The molecule has 0 aliphatic heterocycles. The summed E-state index contributed by atoms with van der Waals surface area (Å²) in [6.07, 6.45) is -2.35. The van der Waals surface area contributed by atoms with Crippen LogP contribution in [0.25, 0.3) is 0 Å². The van der Waals surface area contributed by atoms with Crippen molar-refractivity contribution in [2.45, 2.75) is 12.2 Å². The molecule has 1 rings (SSSR count). The Balaban J connectivity index is 3.59. The minimum Gasteiger partial charge on any atom is -0.394 e. The van der Waals surface area contributed by atoms with Crippen LogP contribution in [0.1, 0.15) is 20.7 Å². The summed E-state index contributed by atoms with van der Waals surface area (Å²) in [5, 5.41) is 51.1.